The summed E-state index contributed by atoms with van der Waals surface area (Å²) < 4.78 is 6.70. The van der Waals surface area contributed by atoms with E-state index in [2.05, 4.69) is 20.9 Å². The smallest absolute Gasteiger partial charge is 0.119 e. The molecular weight excluding hydrogens is 278 g/mol. The van der Waals surface area contributed by atoms with Crippen LogP contribution < -0.4 is 4.74 Å². The minimum absolute atomic E-state index is 0.720. The van der Waals surface area contributed by atoms with Gasteiger partial charge >= 0.3 is 0 Å². The summed E-state index contributed by atoms with van der Waals surface area (Å²) in [7, 11) is 0. The summed E-state index contributed by atoms with van der Waals surface area (Å²) >= 11 is 3.39. The zero-order valence-corrected chi connectivity index (χ0v) is 11.1. The van der Waals surface area contributed by atoms with Crippen LogP contribution in [0.5, 0.6) is 5.75 Å². The number of hydrogen-bond donors (Lipinski definition) is 0. The zero-order valence-electron chi connectivity index (χ0n) is 9.47. The van der Waals surface area contributed by atoms with Gasteiger partial charge in [0.15, 0.2) is 0 Å². The van der Waals surface area contributed by atoms with Crippen molar-refractivity contribution in [1.82, 2.24) is 4.98 Å². The van der Waals surface area contributed by atoms with E-state index in [1.54, 1.807) is 0 Å². The predicted octanol–water partition coefficient (Wildman–Crippen LogP) is 3.86. The first-order valence-electron chi connectivity index (χ1n) is 5.63. The fourth-order valence-electron chi connectivity index (χ4n) is 1.52. The fraction of sp³-hybridized carbons (Fsp3) is 0.214. The lowest BCUT2D eigenvalue weighted by molar-refractivity contribution is 0.310. The van der Waals surface area contributed by atoms with Crippen LogP contribution >= 0.6 is 15.9 Å². The van der Waals surface area contributed by atoms with Crippen molar-refractivity contribution in [2.75, 3.05) is 6.61 Å². The third-order valence-electron chi connectivity index (χ3n) is 2.39. The van der Waals surface area contributed by atoms with E-state index in [0.717, 1.165) is 35.4 Å². The predicted molar refractivity (Wildman–Crippen MR) is 72.2 cm³/mol. The van der Waals surface area contributed by atoms with E-state index < -0.39 is 0 Å². The van der Waals surface area contributed by atoms with Gasteiger partial charge in [-0.15, -0.1) is 0 Å². The Hall–Kier alpha value is -1.35. The molecule has 1 aromatic heterocycles. The Bertz CT molecular complexity index is 442. The van der Waals surface area contributed by atoms with Gasteiger partial charge in [0.2, 0.25) is 0 Å². The summed E-state index contributed by atoms with van der Waals surface area (Å²) in [6, 6.07) is 13.9. The molecule has 0 radical (unpaired) electrons. The second kappa shape index (κ2) is 6.40. The molecule has 0 bridgehead atoms. The first kappa shape index (κ1) is 12.1. The van der Waals surface area contributed by atoms with Gasteiger partial charge in [0, 0.05) is 16.4 Å². The molecule has 0 unspecified atom stereocenters. The van der Waals surface area contributed by atoms with E-state index in [-0.39, 0.29) is 0 Å². The molecule has 1 aromatic carbocycles. The third-order valence-corrected chi connectivity index (χ3v) is 2.91. The van der Waals surface area contributed by atoms with Crippen molar-refractivity contribution < 1.29 is 4.74 Å². The maximum Gasteiger partial charge on any atom is 0.119 e. The van der Waals surface area contributed by atoms with Crippen molar-refractivity contribution in [2.24, 2.45) is 0 Å². The van der Waals surface area contributed by atoms with Crippen LogP contribution in [0.4, 0.5) is 0 Å². The summed E-state index contributed by atoms with van der Waals surface area (Å²) in [6.45, 7) is 0.720. The van der Waals surface area contributed by atoms with Gasteiger partial charge in [0.25, 0.3) is 0 Å². The Labute approximate surface area is 110 Å². The van der Waals surface area contributed by atoms with Gasteiger partial charge in [-0.05, 0) is 49.2 Å². The third kappa shape index (κ3) is 4.19. The van der Waals surface area contributed by atoms with Crippen molar-refractivity contribution in [3.63, 3.8) is 0 Å². The van der Waals surface area contributed by atoms with E-state index >= 15 is 0 Å². The van der Waals surface area contributed by atoms with E-state index in [4.69, 9.17) is 4.74 Å². The van der Waals surface area contributed by atoms with Crippen molar-refractivity contribution in [3.8, 4) is 5.75 Å². The maximum atomic E-state index is 5.63. The van der Waals surface area contributed by atoms with Crippen molar-refractivity contribution >= 4 is 15.9 Å². The van der Waals surface area contributed by atoms with Gasteiger partial charge in [-0.1, -0.05) is 22.0 Å². The van der Waals surface area contributed by atoms with Crippen LogP contribution in [0.3, 0.4) is 0 Å². The number of aryl methyl sites for hydroxylation is 1. The van der Waals surface area contributed by atoms with Crippen LogP contribution in [0.15, 0.2) is 53.1 Å². The number of nitrogens with zero attached hydrogens (tertiary/aromatic N) is 1. The van der Waals surface area contributed by atoms with Gasteiger partial charge in [-0.3, -0.25) is 4.98 Å². The number of aromatic nitrogens is 1. The fourth-order valence-corrected chi connectivity index (χ4v) is 1.78. The highest BCUT2D eigenvalue weighted by Gasteiger charge is 1.96. The number of ether oxygens (including phenoxy) is 1. The number of benzene rings is 1. The first-order valence-corrected chi connectivity index (χ1v) is 6.42. The topological polar surface area (TPSA) is 22.1 Å². The van der Waals surface area contributed by atoms with Crippen LogP contribution in [0.25, 0.3) is 0 Å². The SMILES string of the molecule is Brc1ccc(OCCCc2ccccn2)cc1. The van der Waals surface area contributed by atoms with E-state index in [9.17, 15) is 0 Å². The highest BCUT2D eigenvalue weighted by atomic mass is 79.9. The van der Waals surface area contributed by atoms with Crippen molar-refractivity contribution in [3.05, 3.63) is 58.8 Å². The molecule has 0 aliphatic heterocycles. The Morgan fingerprint density at radius 2 is 1.88 bits per heavy atom. The van der Waals surface area contributed by atoms with Gasteiger partial charge in [-0.25, -0.2) is 0 Å². The largest absolute Gasteiger partial charge is 0.494 e. The lowest BCUT2D eigenvalue weighted by atomic mass is 10.2. The summed E-state index contributed by atoms with van der Waals surface area (Å²) in [5.41, 5.74) is 1.12. The average molecular weight is 292 g/mol. The van der Waals surface area contributed by atoms with Crippen molar-refractivity contribution in [2.45, 2.75) is 12.8 Å². The molecular formula is C14H14BrNO. The first-order chi connectivity index (χ1) is 8.34. The molecule has 0 atom stereocenters. The molecule has 2 nitrogen and oxygen atoms in total. The Balaban J connectivity index is 1.71. The monoisotopic (exact) mass is 291 g/mol. The highest BCUT2D eigenvalue weighted by Crippen LogP contribution is 2.16. The van der Waals surface area contributed by atoms with Crippen molar-refractivity contribution in [1.29, 1.82) is 0 Å². The van der Waals surface area contributed by atoms with Gasteiger partial charge in [0.05, 0.1) is 6.61 Å². The van der Waals surface area contributed by atoms with E-state index in [0.29, 0.717) is 0 Å². The quantitative estimate of drug-likeness (QED) is 0.781. The molecule has 2 rings (SSSR count). The van der Waals surface area contributed by atoms with Gasteiger partial charge in [0.1, 0.15) is 5.75 Å². The number of halogens is 1. The molecule has 0 aliphatic carbocycles. The molecule has 0 amide bonds. The van der Waals surface area contributed by atoms with Crippen LogP contribution in [0.2, 0.25) is 0 Å². The van der Waals surface area contributed by atoms with E-state index in [1.807, 2.05) is 48.7 Å². The lowest BCUT2D eigenvalue weighted by Gasteiger charge is -2.05. The zero-order chi connectivity index (χ0) is 11.9. The molecule has 1 heterocycles. The summed E-state index contributed by atoms with van der Waals surface area (Å²) in [5.74, 6) is 0.911. The molecule has 0 spiro atoms. The van der Waals surface area contributed by atoms with Crippen LogP contribution in [0, 0.1) is 0 Å². The highest BCUT2D eigenvalue weighted by molar-refractivity contribution is 9.10. The molecule has 3 heteroatoms. The van der Waals surface area contributed by atoms with E-state index in [1.165, 1.54) is 0 Å². The van der Waals surface area contributed by atoms with Crippen LogP contribution in [0.1, 0.15) is 12.1 Å². The lowest BCUT2D eigenvalue weighted by Crippen LogP contribution is -2.00. The standard InChI is InChI=1S/C14H14BrNO/c15-12-6-8-14(9-7-12)17-11-3-5-13-4-1-2-10-16-13/h1-2,4,6-10H,3,5,11H2. The molecule has 2 aromatic rings. The second-order valence-electron chi connectivity index (χ2n) is 3.73. The molecule has 0 saturated heterocycles. The molecule has 0 aliphatic rings. The maximum absolute atomic E-state index is 5.63. The van der Waals surface area contributed by atoms with Crippen LogP contribution in [-0.2, 0) is 6.42 Å². The molecule has 0 fully saturated rings. The number of pyridine rings is 1. The summed E-state index contributed by atoms with van der Waals surface area (Å²) in [5, 5.41) is 0. The van der Waals surface area contributed by atoms with Gasteiger partial charge in [-0.2, -0.15) is 0 Å². The molecule has 0 saturated carbocycles. The molecule has 0 N–H and O–H groups in total. The minimum atomic E-state index is 0.720. The molecule has 88 valence electrons. The number of hydrogen-bond acceptors (Lipinski definition) is 2. The molecule has 17 heavy (non-hydrogen) atoms. The Kier molecular flexibility index (Phi) is 4.56. The summed E-state index contributed by atoms with van der Waals surface area (Å²) in [6.07, 6.45) is 3.76. The average Bonchev–Trinajstić information content (AvgIpc) is 2.38. The summed E-state index contributed by atoms with van der Waals surface area (Å²) in [4.78, 5) is 4.27. The Morgan fingerprint density at radius 3 is 2.59 bits per heavy atom. The Morgan fingerprint density at radius 1 is 1.06 bits per heavy atom. The minimum Gasteiger partial charge on any atom is -0.494 e. The van der Waals surface area contributed by atoms with Crippen LogP contribution in [-0.4, -0.2) is 11.6 Å². The number of rotatable bonds is 5. The normalized spacial score (nSPS) is 10.2. The second-order valence-corrected chi connectivity index (χ2v) is 4.64. The van der Waals surface area contributed by atoms with Gasteiger partial charge < -0.3 is 4.74 Å².